The van der Waals surface area contributed by atoms with E-state index >= 15 is 0 Å². The van der Waals surface area contributed by atoms with Crippen LogP contribution in [-0.4, -0.2) is 16.1 Å². The van der Waals surface area contributed by atoms with Gasteiger partial charge in [0, 0.05) is 11.9 Å². The highest BCUT2D eigenvalue weighted by atomic mass is 19.1. The van der Waals surface area contributed by atoms with Crippen LogP contribution in [0.2, 0.25) is 0 Å². The SMILES string of the molecule is Cc1cccc(F)c1Nc1ccnc(C(=O)O)c1. The monoisotopic (exact) mass is 246 g/mol. The number of aromatic carboxylic acids is 1. The number of hydrogen-bond donors (Lipinski definition) is 2. The van der Waals surface area contributed by atoms with Gasteiger partial charge in [0.1, 0.15) is 11.5 Å². The maximum absolute atomic E-state index is 13.6. The number of aromatic nitrogens is 1. The Morgan fingerprint density at radius 1 is 1.39 bits per heavy atom. The lowest BCUT2D eigenvalue weighted by molar-refractivity contribution is 0.0690. The van der Waals surface area contributed by atoms with Crippen molar-refractivity contribution in [3.8, 4) is 0 Å². The number of anilines is 2. The minimum Gasteiger partial charge on any atom is -0.477 e. The molecule has 18 heavy (non-hydrogen) atoms. The van der Waals surface area contributed by atoms with E-state index in [1.54, 1.807) is 25.1 Å². The molecule has 0 fully saturated rings. The molecule has 0 radical (unpaired) electrons. The van der Waals surface area contributed by atoms with Crippen molar-refractivity contribution in [2.24, 2.45) is 0 Å². The second-order valence-electron chi connectivity index (χ2n) is 3.79. The molecule has 92 valence electrons. The van der Waals surface area contributed by atoms with Gasteiger partial charge in [-0.2, -0.15) is 0 Å². The number of carboxylic acids is 1. The number of hydrogen-bond acceptors (Lipinski definition) is 3. The van der Waals surface area contributed by atoms with Gasteiger partial charge in [-0.15, -0.1) is 0 Å². The van der Waals surface area contributed by atoms with Crippen molar-refractivity contribution >= 4 is 17.3 Å². The van der Waals surface area contributed by atoms with E-state index < -0.39 is 5.97 Å². The number of rotatable bonds is 3. The highest BCUT2D eigenvalue weighted by Gasteiger charge is 2.08. The minimum absolute atomic E-state index is 0.0889. The molecular weight excluding hydrogens is 235 g/mol. The van der Waals surface area contributed by atoms with E-state index in [9.17, 15) is 9.18 Å². The normalized spacial score (nSPS) is 10.1. The summed E-state index contributed by atoms with van der Waals surface area (Å²) in [5.74, 6) is -1.51. The quantitative estimate of drug-likeness (QED) is 0.874. The van der Waals surface area contributed by atoms with Gasteiger partial charge in [-0.25, -0.2) is 14.2 Å². The number of nitrogens with zero attached hydrogens (tertiary/aromatic N) is 1. The maximum Gasteiger partial charge on any atom is 0.354 e. The van der Waals surface area contributed by atoms with Crippen molar-refractivity contribution in [1.29, 1.82) is 0 Å². The highest BCUT2D eigenvalue weighted by Crippen LogP contribution is 2.23. The number of nitrogens with one attached hydrogen (secondary N) is 1. The smallest absolute Gasteiger partial charge is 0.354 e. The molecule has 0 amide bonds. The van der Waals surface area contributed by atoms with Crippen LogP contribution in [0.3, 0.4) is 0 Å². The zero-order chi connectivity index (χ0) is 13.1. The molecule has 0 unspecified atom stereocenters. The number of carboxylic acid groups (broad SMARTS) is 1. The molecule has 2 rings (SSSR count). The summed E-state index contributed by atoms with van der Waals surface area (Å²) in [7, 11) is 0. The summed E-state index contributed by atoms with van der Waals surface area (Å²) >= 11 is 0. The summed E-state index contributed by atoms with van der Waals surface area (Å²) in [4.78, 5) is 14.5. The third kappa shape index (κ3) is 2.45. The van der Waals surface area contributed by atoms with Gasteiger partial charge in [0.05, 0.1) is 5.69 Å². The van der Waals surface area contributed by atoms with E-state index in [0.717, 1.165) is 5.56 Å². The number of benzene rings is 1. The molecule has 1 heterocycles. The van der Waals surface area contributed by atoms with Crippen molar-refractivity contribution in [1.82, 2.24) is 4.98 Å². The molecule has 0 aliphatic heterocycles. The van der Waals surface area contributed by atoms with Crippen LogP contribution < -0.4 is 5.32 Å². The second-order valence-corrected chi connectivity index (χ2v) is 3.79. The Bertz CT molecular complexity index is 579. The summed E-state index contributed by atoms with van der Waals surface area (Å²) in [5, 5.41) is 11.7. The predicted molar refractivity (Wildman–Crippen MR) is 65.6 cm³/mol. The Labute approximate surface area is 103 Å². The van der Waals surface area contributed by atoms with E-state index in [0.29, 0.717) is 11.4 Å². The molecular formula is C13H11FN2O2. The standard InChI is InChI=1S/C13H11FN2O2/c1-8-3-2-4-10(14)12(8)16-9-5-6-15-11(7-9)13(17)18/h2-7H,1H3,(H,15,16)(H,17,18). The molecule has 4 nitrogen and oxygen atoms in total. The van der Waals surface area contributed by atoms with Crippen molar-refractivity contribution in [3.05, 3.63) is 53.6 Å². The molecule has 2 N–H and O–H groups in total. The molecule has 0 aliphatic rings. The highest BCUT2D eigenvalue weighted by molar-refractivity contribution is 5.86. The average molecular weight is 246 g/mol. The van der Waals surface area contributed by atoms with Crippen LogP contribution in [0.5, 0.6) is 0 Å². The van der Waals surface area contributed by atoms with E-state index in [2.05, 4.69) is 10.3 Å². The van der Waals surface area contributed by atoms with Gasteiger partial charge in [-0.05, 0) is 30.7 Å². The van der Waals surface area contributed by atoms with E-state index in [1.807, 2.05) is 0 Å². The van der Waals surface area contributed by atoms with Gasteiger partial charge in [0.25, 0.3) is 0 Å². The van der Waals surface area contributed by atoms with Crippen molar-refractivity contribution in [2.75, 3.05) is 5.32 Å². The van der Waals surface area contributed by atoms with Crippen molar-refractivity contribution in [2.45, 2.75) is 6.92 Å². The first-order chi connectivity index (χ1) is 8.58. The summed E-state index contributed by atoms with van der Waals surface area (Å²) in [6.07, 6.45) is 1.36. The lowest BCUT2D eigenvalue weighted by atomic mass is 10.2. The van der Waals surface area contributed by atoms with Crippen LogP contribution in [0.1, 0.15) is 16.1 Å². The third-order valence-electron chi connectivity index (χ3n) is 2.47. The van der Waals surface area contributed by atoms with Crippen molar-refractivity contribution < 1.29 is 14.3 Å². The molecule has 0 spiro atoms. The van der Waals surface area contributed by atoms with Gasteiger partial charge < -0.3 is 10.4 Å². The van der Waals surface area contributed by atoms with Crippen LogP contribution in [0.4, 0.5) is 15.8 Å². The minimum atomic E-state index is -1.12. The van der Waals surface area contributed by atoms with E-state index in [1.165, 1.54) is 18.3 Å². The van der Waals surface area contributed by atoms with Gasteiger partial charge in [-0.1, -0.05) is 12.1 Å². The lowest BCUT2D eigenvalue weighted by Crippen LogP contribution is -2.02. The molecule has 0 bridgehead atoms. The fourth-order valence-corrected chi connectivity index (χ4v) is 1.56. The van der Waals surface area contributed by atoms with Crippen LogP contribution >= 0.6 is 0 Å². The Morgan fingerprint density at radius 2 is 2.17 bits per heavy atom. The Balaban J connectivity index is 2.34. The predicted octanol–water partition coefficient (Wildman–Crippen LogP) is 2.97. The number of para-hydroxylation sites is 1. The third-order valence-corrected chi connectivity index (χ3v) is 2.47. The topological polar surface area (TPSA) is 62.2 Å². The second kappa shape index (κ2) is 4.83. The Hall–Kier alpha value is -2.43. The number of halogens is 1. The van der Waals surface area contributed by atoms with Gasteiger partial charge in [0.15, 0.2) is 0 Å². The van der Waals surface area contributed by atoms with E-state index in [-0.39, 0.29) is 11.5 Å². The van der Waals surface area contributed by atoms with Crippen molar-refractivity contribution in [3.63, 3.8) is 0 Å². The molecule has 1 aromatic carbocycles. The Kier molecular flexibility index (Phi) is 3.23. The summed E-state index contributed by atoms with van der Waals surface area (Å²) < 4.78 is 13.6. The van der Waals surface area contributed by atoms with Crippen LogP contribution in [0, 0.1) is 12.7 Å². The van der Waals surface area contributed by atoms with Gasteiger partial charge >= 0.3 is 5.97 Å². The molecule has 0 saturated heterocycles. The molecule has 1 aromatic heterocycles. The first-order valence-electron chi connectivity index (χ1n) is 5.29. The molecule has 0 atom stereocenters. The summed E-state index contributed by atoms with van der Waals surface area (Å²) in [5.41, 5.74) is 1.47. The number of pyridine rings is 1. The maximum atomic E-state index is 13.6. The van der Waals surface area contributed by atoms with Gasteiger partial charge in [-0.3, -0.25) is 0 Å². The molecule has 5 heteroatoms. The largest absolute Gasteiger partial charge is 0.477 e. The Morgan fingerprint density at radius 3 is 2.83 bits per heavy atom. The fraction of sp³-hybridized carbons (Fsp3) is 0.0769. The van der Waals surface area contributed by atoms with Crippen LogP contribution in [0.25, 0.3) is 0 Å². The lowest BCUT2D eigenvalue weighted by Gasteiger charge is -2.10. The van der Waals surface area contributed by atoms with Crippen LogP contribution in [-0.2, 0) is 0 Å². The zero-order valence-corrected chi connectivity index (χ0v) is 9.64. The zero-order valence-electron chi connectivity index (χ0n) is 9.64. The van der Waals surface area contributed by atoms with Gasteiger partial charge in [0.2, 0.25) is 0 Å². The average Bonchev–Trinajstić information content (AvgIpc) is 2.34. The fourth-order valence-electron chi connectivity index (χ4n) is 1.56. The summed E-state index contributed by atoms with van der Waals surface area (Å²) in [6, 6.07) is 7.66. The summed E-state index contributed by atoms with van der Waals surface area (Å²) in [6.45, 7) is 1.77. The van der Waals surface area contributed by atoms with Crippen LogP contribution in [0.15, 0.2) is 36.5 Å². The molecule has 0 aliphatic carbocycles. The number of carbonyl (C=O) groups is 1. The van der Waals surface area contributed by atoms with E-state index in [4.69, 9.17) is 5.11 Å². The molecule has 2 aromatic rings. The first-order valence-corrected chi connectivity index (χ1v) is 5.29. The first kappa shape index (κ1) is 12.0. The molecule has 0 saturated carbocycles. The number of aryl methyl sites for hydroxylation is 1.